The summed E-state index contributed by atoms with van der Waals surface area (Å²) in [5.41, 5.74) is -0.0820. The van der Waals surface area contributed by atoms with Gasteiger partial charge in [0, 0.05) is 28.4 Å². The van der Waals surface area contributed by atoms with E-state index in [0.29, 0.717) is 11.3 Å². The van der Waals surface area contributed by atoms with Gasteiger partial charge in [0.15, 0.2) is 0 Å². The molecule has 2 rings (SSSR count). The SMILES string of the molecule is CC(C)NC1(CO)CCCC(Sc2nccs2)C1. The van der Waals surface area contributed by atoms with Crippen LogP contribution in [0.4, 0.5) is 0 Å². The van der Waals surface area contributed by atoms with E-state index in [1.54, 1.807) is 11.3 Å². The Labute approximate surface area is 117 Å². The molecule has 1 aliphatic carbocycles. The third-order valence-electron chi connectivity index (χ3n) is 3.37. The normalized spacial score (nSPS) is 28.8. The lowest BCUT2D eigenvalue weighted by Crippen LogP contribution is -2.54. The summed E-state index contributed by atoms with van der Waals surface area (Å²) in [5.74, 6) is 0. The van der Waals surface area contributed by atoms with Gasteiger partial charge in [-0.25, -0.2) is 4.98 Å². The maximum Gasteiger partial charge on any atom is 0.150 e. The molecule has 1 saturated carbocycles. The summed E-state index contributed by atoms with van der Waals surface area (Å²) in [7, 11) is 0. The molecule has 1 fully saturated rings. The maximum absolute atomic E-state index is 9.75. The fourth-order valence-electron chi connectivity index (χ4n) is 2.75. The Kier molecular flexibility index (Phi) is 5.06. The van der Waals surface area contributed by atoms with Crippen LogP contribution in [0.1, 0.15) is 39.5 Å². The zero-order chi connectivity index (χ0) is 13.0. The van der Waals surface area contributed by atoms with E-state index in [1.165, 1.54) is 12.8 Å². The molecule has 0 spiro atoms. The molecule has 5 heteroatoms. The van der Waals surface area contributed by atoms with Crippen molar-refractivity contribution in [2.45, 2.75) is 60.7 Å². The summed E-state index contributed by atoms with van der Waals surface area (Å²) in [6.07, 6.45) is 6.39. The van der Waals surface area contributed by atoms with Crippen molar-refractivity contribution < 1.29 is 5.11 Å². The van der Waals surface area contributed by atoms with Crippen LogP contribution in [0.15, 0.2) is 15.9 Å². The van der Waals surface area contributed by atoms with Gasteiger partial charge in [-0.15, -0.1) is 11.3 Å². The Morgan fingerprint density at radius 2 is 2.50 bits per heavy atom. The molecule has 0 saturated heterocycles. The van der Waals surface area contributed by atoms with Gasteiger partial charge in [0.2, 0.25) is 0 Å². The number of thiazole rings is 1. The Hall–Kier alpha value is -0.100. The van der Waals surface area contributed by atoms with Crippen LogP contribution in [-0.2, 0) is 0 Å². The minimum Gasteiger partial charge on any atom is -0.394 e. The van der Waals surface area contributed by atoms with E-state index in [-0.39, 0.29) is 12.1 Å². The first kappa shape index (κ1) is 14.3. The molecule has 0 amide bonds. The second-order valence-corrected chi connectivity index (χ2v) is 7.81. The topological polar surface area (TPSA) is 45.1 Å². The van der Waals surface area contributed by atoms with Gasteiger partial charge in [0.1, 0.15) is 4.34 Å². The van der Waals surface area contributed by atoms with Crippen molar-refractivity contribution in [1.29, 1.82) is 0 Å². The zero-order valence-electron chi connectivity index (χ0n) is 11.1. The van der Waals surface area contributed by atoms with Gasteiger partial charge >= 0.3 is 0 Å². The number of aromatic nitrogens is 1. The Morgan fingerprint density at radius 3 is 3.11 bits per heavy atom. The summed E-state index contributed by atoms with van der Waals surface area (Å²) >= 11 is 3.58. The minimum absolute atomic E-state index is 0.0820. The Morgan fingerprint density at radius 1 is 1.67 bits per heavy atom. The number of thioether (sulfide) groups is 1. The molecular formula is C13H22N2OS2. The van der Waals surface area contributed by atoms with Crippen LogP contribution in [0, 0.1) is 0 Å². The molecule has 2 N–H and O–H groups in total. The lowest BCUT2D eigenvalue weighted by atomic mass is 9.81. The highest BCUT2D eigenvalue weighted by Crippen LogP contribution is 2.38. The summed E-state index contributed by atoms with van der Waals surface area (Å²) in [6, 6.07) is 0.417. The van der Waals surface area contributed by atoms with Crippen LogP contribution < -0.4 is 5.32 Å². The van der Waals surface area contributed by atoms with Crippen LogP contribution in [0.2, 0.25) is 0 Å². The van der Waals surface area contributed by atoms with Crippen molar-refractivity contribution in [2.24, 2.45) is 0 Å². The van der Waals surface area contributed by atoms with E-state index in [1.807, 2.05) is 23.3 Å². The quantitative estimate of drug-likeness (QED) is 0.873. The predicted molar refractivity (Wildman–Crippen MR) is 78.3 cm³/mol. The van der Waals surface area contributed by atoms with Gasteiger partial charge in [-0.1, -0.05) is 32.0 Å². The lowest BCUT2D eigenvalue weighted by Gasteiger charge is -2.41. The van der Waals surface area contributed by atoms with Crippen molar-refractivity contribution in [3.63, 3.8) is 0 Å². The Bertz CT molecular complexity index is 356. The molecule has 0 aliphatic heterocycles. The van der Waals surface area contributed by atoms with Gasteiger partial charge < -0.3 is 10.4 Å². The standard InChI is InChI=1S/C13H22N2OS2/c1-10(2)15-13(9-16)5-3-4-11(8-13)18-12-14-6-7-17-12/h6-7,10-11,15-16H,3-5,8-9H2,1-2H3. The summed E-state index contributed by atoms with van der Waals surface area (Å²) in [5, 5.41) is 15.9. The first-order valence-corrected chi connectivity index (χ1v) is 8.34. The van der Waals surface area contributed by atoms with Crippen molar-refractivity contribution in [3.8, 4) is 0 Å². The number of hydrogen-bond acceptors (Lipinski definition) is 5. The fraction of sp³-hybridized carbons (Fsp3) is 0.769. The number of nitrogens with zero attached hydrogens (tertiary/aromatic N) is 1. The molecular weight excluding hydrogens is 264 g/mol. The van der Waals surface area contributed by atoms with Crippen molar-refractivity contribution >= 4 is 23.1 Å². The molecule has 1 aromatic heterocycles. The molecule has 2 unspecified atom stereocenters. The molecule has 0 aromatic carbocycles. The van der Waals surface area contributed by atoms with Gasteiger partial charge in [0.25, 0.3) is 0 Å². The molecule has 0 radical (unpaired) electrons. The van der Waals surface area contributed by atoms with E-state index in [4.69, 9.17) is 0 Å². The zero-order valence-corrected chi connectivity index (χ0v) is 12.7. The van der Waals surface area contributed by atoms with Gasteiger partial charge in [-0.3, -0.25) is 0 Å². The summed E-state index contributed by atoms with van der Waals surface area (Å²) < 4.78 is 1.15. The fourth-order valence-corrected chi connectivity index (χ4v) is 5.00. The molecule has 1 aliphatic rings. The third kappa shape index (κ3) is 3.70. The van der Waals surface area contributed by atoms with Crippen LogP contribution in [0.5, 0.6) is 0 Å². The number of aliphatic hydroxyl groups excluding tert-OH is 1. The van der Waals surface area contributed by atoms with Crippen molar-refractivity contribution in [2.75, 3.05) is 6.61 Å². The Balaban J connectivity index is 1.98. The van der Waals surface area contributed by atoms with Crippen LogP contribution in [0.3, 0.4) is 0 Å². The summed E-state index contributed by atoms with van der Waals surface area (Å²) in [6.45, 7) is 4.53. The van der Waals surface area contributed by atoms with Gasteiger partial charge in [-0.2, -0.15) is 0 Å². The molecule has 0 bridgehead atoms. The first-order valence-electron chi connectivity index (χ1n) is 6.58. The molecule has 3 nitrogen and oxygen atoms in total. The highest BCUT2D eigenvalue weighted by Gasteiger charge is 2.36. The highest BCUT2D eigenvalue weighted by molar-refractivity contribution is 8.01. The maximum atomic E-state index is 9.75. The van der Waals surface area contributed by atoms with Crippen LogP contribution >= 0.6 is 23.1 Å². The van der Waals surface area contributed by atoms with E-state index in [2.05, 4.69) is 24.1 Å². The molecule has 18 heavy (non-hydrogen) atoms. The predicted octanol–water partition coefficient (Wildman–Crippen LogP) is 2.91. The third-order valence-corrected chi connectivity index (χ3v) is 5.56. The van der Waals surface area contributed by atoms with Crippen molar-refractivity contribution in [1.82, 2.24) is 10.3 Å². The van der Waals surface area contributed by atoms with Crippen LogP contribution in [0.25, 0.3) is 0 Å². The summed E-state index contributed by atoms with van der Waals surface area (Å²) in [4.78, 5) is 4.34. The molecule has 1 heterocycles. The van der Waals surface area contributed by atoms with E-state index >= 15 is 0 Å². The van der Waals surface area contributed by atoms with Crippen molar-refractivity contribution in [3.05, 3.63) is 11.6 Å². The number of aliphatic hydroxyl groups is 1. The second-order valence-electron chi connectivity index (χ2n) is 5.37. The molecule has 2 atom stereocenters. The lowest BCUT2D eigenvalue weighted by molar-refractivity contribution is 0.115. The second kappa shape index (κ2) is 6.37. The largest absolute Gasteiger partial charge is 0.394 e. The average molecular weight is 286 g/mol. The monoisotopic (exact) mass is 286 g/mol. The van der Waals surface area contributed by atoms with Gasteiger partial charge in [0.05, 0.1) is 6.61 Å². The number of rotatable bonds is 5. The smallest absolute Gasteiger partial charge is 0.150 e. The van der Waals surface area contributed by atoms with E-state index in [0.717, 1.165) is 17.2 Å². The number of nitrogens with one attached hydrogen (secondary N) is 1. The molecule has 1 aromatic rings. The van der Waals surface area contributed by atoms with Crippen LogP contribution in [-0.4, -0.2) is 33.5 Å². The minimum atomic E-state index is -0.0820. The first-order chi connectivity index (χ1) is 8.63. The van der Waals surface area contributed by atoms with Gasteiger partial charge in [-0.05, 0) is 19.3 Å². The highest BCUT2D eigenvalue weighted by atomic mass is 32.2. The van der Waals surface area contributed by atoms with E-state index < -0.39 is 0 Å². The average Bonchev–Trinajstić information content (AvgIpc) is 2.81. The van der Waals surface area contributed by atoms with E-state index in [9.17, 15) is 5.11 Å². The number of hydrogen-bond donors (Lipinski definition) is 2. The molecule has 102 valence electrons.